The molecule has 1 radical (unpaired) electrons. The van der Waals surface area contributed by atoms with Crippen LogP contribution in [0.5, 0.6) is 0 Å². The second-order valence-corrected chi connectivity index (χ2v) is 7.54. The Morgan fingerprint density at radius 1 is 1.33 bits per heavy atom. The van der Waals surface area contributed by atoms with E-state index >= 15 is 0 Å². The molecule has 0 aromatic heterocycles. The molecule has 1 aliphatic heterocycles. The fraction of sp³-hybridized carbons (Fsp3) is 0.533. The lowest BCUT2D eigenvalue weighted by Crippen LogP contribution is -2.25. The largest absolute Gasteiger partial charge is 0.326 e. The Hall–Kier alpha value is -1.40. The van der Waals surface area contributed by atoms with Gasteiger partial charge in [-0.15, -0.1) is 0 Å². The van der Waals surface area contributed by atoms with Crippen LogP contribution in [0.3, 0.4) is 0 Å². The van der Waals surface area contributed by atoms with E-state index in [2.05, 4.69) is 10.6 Å². The van der Waals surface area contributed by atoms with Gasteiger partial charge in [0.05, 0.1) is 4.90 Å². The molecular formula is C15H21N2O3S. The minimum atomic E-state index is -3.20. The fourth-order valence-electron chi connectivity index (χ4n) is 2.44. The molecule has 2 rings (SSSR count). The number of nitrogens with zero attached hydrogens (tertiary/aromatic N) is 1. The Bertz CT molecular complexity index is 575. The van der Waals surface area contributed by atoms with Crippen LogP contribution >= 0.6 is 0 Å². The molecule has 5 nitrogen and oxygen atoms in total. The van der Waals surface area contributed by atoms with E-state index in [4.69, 9.17) is 0 Å². The summed E-state index contributed by atoms with van der Waals surface area (Å²) in [7, 11) is -3.20. The van der Waals surface area contributed by atoms with E-state index in [1.54, 1.807) is 12.1 Å². The Morgan fingerprint density at radius 3 is 2.62 bits per heavy atom. The lowest BCUT2D eigenvalue weighted by Gasteiger charge is -2.20. The van der Waals surface area contributed by atoms with Gasteiger partial charge in [-0.3, -0.25) is 4.79 Å². The molecule has 1 aromatic carbocycles. The van der Waals surface area contributed by atoms with Crippen LogP contribution in [0.2, 0.25) is 0 Å². The zero-order valence-electron chi connectivity index (χ0n) is 12.2. The van der Waals surface area contributed by atoms with Gasteiger partial charge in [-0.05, 0) is 49.4 Å². The van der Waals surface area contributed by atoms with E-state index in [0.717, 1.165) is 38.6 Å². The van der Waals surface area contributed by atoms with Crippen molar-refractivity contribution in [1.82, 2.24) is 5.32 Å². The summed E-state index contributed by atoms with van der Waals surface area (Å²) in [5, 5.41) is 7.16. The molecule has 1 saturated heterocycles. The first kappa shape index (κ1) is 16.0. The van der Waals surface area contributed by atoms with Gasteiger partial charge in [0, 0.05) is 31.5 Å². The summed E-state index contributed by atoms with van der Waals surface area (Å²) < 4.78 is 22.7. The molecule has 1 fully saturated rings. The lowest BCUT2D eigenvalue weighted by molar-refractivity contribution is -0.116. The van der Waals surface area contributed by atoms with E-state index < -0.39 is 9.84 Å². The van der Waals surface area contributed by atoms with Crippen molar-refractivity contribution in [2.75, 3.05) is 24.7 Å². The summed E-state index contributed by atoms with van der Waals surface area (Å²) in [6, 6.07) is 6.24. The number of nitrogens with one attached hydrogen (secondary N) is 1. The van der Waals surface area contributed by atoms with E-state index in [1.165, 1.54) is 12.1 Å². The van der Waals surface area contributed by atoms with Gasteiger partial charge in [-0.1, -0.05) is 0 Å². The molecule has 6 heteroatoms. The van der Waals surface area contributed by atoms with Crippen LogP contribution in [0.25, 0.3) is 0 Å². The maximum absolute atomic E-state index is 11.9. The molecular weight excluding hydrogens is 288 g/mol. The van der Waals surface area contributed by atoms with Crippen molar-refractivity contribution in [2.45, 2.75) is 30.6 Å². The molecule has 115 valence electrons. The number of benzene rings is 1. The molecule has 0 bridgehead atoms. The maximum Gasteiger partial charge on any atom is 0.224 e. The number of carbonyl (C=O) groups excluding carboxylic acids is 1. The molecule has 1 amide bonds. The Labute approximate surface area is 126 Å². The van der Waals surface area contributed by atoms with E-state index in [-0.39, 0.29) is 10.8 Å². The maximum atomic E-state index is 11.9. The molecule has 0 aliphatic carbocycles. The summed E-state index contributed by atoms with van der Waals surface area (Å²) in [5.74, 6) is 0.491. The molecule has 1 aliphatic rings. The summed E-state index contributed by atoms with van der Waals surface area (Å²) in [5.41, 5.74) is 0.626. The third-order valence-electron chi connectivity index (χ3n) is 3.66. The predicted octanol–water partition coefficient (Wildman–Crippen LogP) is 1.82. The van der Waals surface area contributed by atoms with E-state index in [0.29, 0.717) is 18.0 Å². The Balaban J connectivity index is 1.82. The van der Waals surface area contributed by atoms with Gasteiger partial charge >= 0.3 is 0 Å². The van der Waals surface area contributed by atoms with Crippen LogP contribution in [0, 0.1) is 5.92 Å². The van der Waals surface area contributed by atoms with Gasteiger partial charge in [-0.25, -0.2) is 13.7 Å². The molecule has 1 unspecified atom stereocenters. The minimum Gasteiger partial charge on any atom is -0.326 e. The Morgan fingerprint density at radius 2 is 2.05 bits per heavy atom. The normalized spacial score (nSPS) is 19.2. The average molecular weight is 309 g/mol. The van der Waals surface area contributed by atoms with Gasteiger partial charge in [0.1, 0.15) is 0 Å². The number of hydrogen-bond donors (Lipinski definition) is 1. The average Bonchev–Trinajstić information content (AvgIpc) is 2.46. The highest BCUT2D eigenvalue weighted by atomic mass is 32.2. The smallest absolute Gasteiger partial charge is 0.224 e. The monoisotopic (exact) mass is 309 g/mol. The Kier molecular flexibility index (Phi) is 5.36. The van der Waals surface area contributed by atoms with Gasteiger partial charge in [0.15, 0.2) is 9.84 Å². The molecule has 21 heavy (non-hydrogen) atoms. The van der Waals surface area contributed by atoms with Crippen molar-refractivity contribution >= 4 is 21.4 Å². The zero-order valence-corrected chi connectivity index (χ0v) is 13.0. The van der Waals surface area contributed by atoms with Gasteiger partial charge in [-0.2, -0.15) is 0 Å². The number of anilines is 1. The van der Waals surface area contributed by atoms with E-state index in [1.807, 2.05) is 0 Å². The summed E-state index contributed by atoms with van der Waals surface area (Å²) in [6.45, 7) is 1.83. The molecule has 1 atom stereocenters. The van der Waals surface area contributed by atoms with Crippen LogP contribution in [0.15, 0.2) is 29.2 Å². The number of carbonyl (C=O) groups is 1. The highest BCUT2D eigenvalue weighted by Crippen LogP contribution is 2.18. The number of hydrogen-bond acceptors (Lipinski definition) is 3. The quantitative estimate of drug-likeness (QED) is 0.901. The van der Waals surface area contributed by atoms with Crippen LogP contribution in [-0.2, 0) is 14.6 Å². The molecule has 0 saturated carbocycles. The topological polar surface area (TPSA) is 77.3 Å². The van der Waals surface area contributed by atoms with Gasteiger partial charge < -0.3 is 5.32 Å². The molecule has 1 heterocycles. The van der Waals surface area contributed by atoms with Crippen LogP contribution < -0.4 is 10.6 Å². The number of sulfone groups is 1. The third kappa shape index (κ3) is 5.13. The van der Waals surface area contributed by atoms with Gasteiger partial charge in [0.2, 0.25) is 5.91 Å². The highest BCUT2D eigenvalue weighted by Gasteiger charge is 2.15. The second kappa shape index (κ2) is 7.04. The first-order chi connectivity index (χ1) is 9.95. The van der Waals surface area contributed by atoms with E-state index in [9.17, 15) is 13.2 Å². The first-order valence-electron chi connectivity index (χ1n) is 7.18. The fourth-order valence-corrected chi connectivity index (χ4v) is 3.07. The number of rotatable bonds is 5. The summed E-state index contributed by atoms with van der Waals surface area (Å²) in [4.78, 5) is 12.1. The van der Waals surface area contributed by atoms with Crippen LogP contribution in [0.1, 0.15) is 25.7 Å². The lowest BCUT2D eigenvalue weighted by atomic mass is 9.94. The molecule has 0 spiro atoms. The predicted molar refractivity (Wildman–Crippen MR) is 82.0 cm³/mol. The zero-order chi connectivity index (χ0) is 15.3. The molecule has 1 aromatic rings. The number of amides is 1. The summed E-state index contributed by atoms with van der Waals surface area (Å²) in [6.07, 6.45) is 4.78. The van der Waals surface area contributed by atoms with Gasteiger partial charge in [0.25, 0.3) is 0 Å². The van der Waals surface area contributed by atoms with Crippen molar-refractivity contribution < 1.29 is 13.2 Å². The number of piperidine rings is 1. The van der Waals surface area contributed by atoms with Crippen molar-refractivity contribution in [1.29, 1.82) is 0 Å². The standard InChI is InChI=1S/C15H21N2O3S/c1-21(19,20)14-7-5-13(6-8-14)17-15(18)9-4-12-3-2-10-16-11-12/h5-8,12H,2-4,9-11H2,1H3,(H,17,18). The minimum absolute atomic E-state index is 0.0346. The third-order valence-corrected chi connectivity index (χ3v) is 4.79. The molecule has 1 N–H and O–H groups in total. The second-order valence-electron chi connectivity index (χ2n) is 5.52. The van der Waals surface area contributed by atoms with Crippen molar-refractivity contribution in [2.24, 2.45) is 5.92 Å². The SMILES string of the molecule is CS(=O)(=O)c1ccc(NC(=O)CCC2CCC[N]C2)cc1. The van der Waals surface area contributed by atoms with Crippen molar-refractivity contribution in [3.05, 3.63) is 24.3 Å². The van der Waals surface area contributed by atoms with Crippen molar-refractivity contribution in [3.63, 3.8) is 0 Å². The first-order valence-corrected chi connectivity index (χ1v) is 9.07. The van der Waals surface area contributed by atoms with Crippen LogP contribution in [-0.4, -0.2) is 33.7 Å². The summed E-state index contributed by atoms with van der Waals surface area (Å²) >= 11 is 0. The van der Waals surface area contributed by atoms with Crippen LogP contribution in [0.4, 0.5) is 5.69 Å². The highest BCUT2D eigenvalue weighted by molar-refractivity contribution is 7.90. The van der Waals surface area contributed by atoms with Crippen molar-refractivity contribution in [3.8, 4) is 0 Å².